The SMILES string of the molecule is CC[C@H](C(=O)NC)N(Cc1ccc(C)cc1)C(=O)CN(c1ccc2c(c1)OCCO2)S(=O)(=O)c1ccccc1. The highest BCUT2D eigenvalue weighted by Gasteiger charge is 2.34. The van der Waals surface area contributed by atoms with E-state index in [2.05, 4.69) is 5.32 Å². The zero-order valence-corrected chi connectivity index (χ0v) is 23.1. The first-order chi connectivity index (χ1) is 18.7. The minimum absolute atomic E-state index is 0.0381. The van der Waals surface area contributed by atoms with Crippen LogP contribution in [0, 0.1) is 6.92 Å². The number of nitrogens with zero attached hydrogens (tertiary/aromatic N) is 2. The number of sulfonamides is 1. The van der Waals surface area contributed by atoms with Gasteiger partial charge in [0.25, 0.3) is 10.0 Å². The molecule has 4 rings (SSSR count). The van der Waals surface area contributed by atoms with Gasteiger partial charge in [0, 0.05) is 19.7 Å². The van der Waals surface area contributed by atoms with Gasteiger partial charge in [0.1, 0.15) is 25.8 Å². The number of fused-ring (bicyclic) bond motifs is 1. The highest BCUT2D eigenvalue weighted by molar-refractivity contribution is 7.92. The summed E-state index contributed by atoms with van der Waals surface area (Å²) in [6, 6.07) is 19.6. The third-order valence-electron chi connectivity index (χ3n) is 6.53. The predicted octanol–water partition coefficient (Wildman–Crippen LogP) is 3.51. The predicted molar refractivity (Wildman–Crippen MR) is 148 cm³/mol. The maximum absolute atomic E-state index is 14.0. The van der Waals surface area contributed by atoms with Crippen LogP contribution in [0.4, 0.5) is 5.69 Å². The minimum atomic E-state index is -4.16. The standard InChI is InChI=1S/C29H33N3O6S/c1-4-25(29(34)30-3)31(19-22-12-10-21(2)11-13-22)28(33)20-32(39(35,36)24-8-6-5-7-9-24)23-14-15-26-27(18-23)38-17-16-37-26/h5-15,18,25H,4,16-17,19-20H2,1-3H3,(H,30,34)/t25-/m1/s1. The van der Waals surface area contributed by atoms with E-state index in [0.29, 0.717) is 31.1 Å². The van der Waals surface area contributed by atoms with Crippen LogP contribution in [0.15, 0.2) is 77.7 Å². The summed E-state index contributed by atoms with van der Waals surface area (Å²) in [5, 5.41) is 2.63. The molecule has 0 saturated carbocycles. The van der Waals surface area contributed by atoms with Crippen molar-refractivity contribution in [1.29, 1.82) is 0 Å². The number of carbonyl (C=O) groups is 2. The summed E-state index contributed by atoms with van der Waals surface area (Å²) in [5.41, 5.74) is 2.14. The molecule has 0 spiro atoms. The molecule has 39 heavy (non-hydrogen) atoms. The topological polar surface area (TPSA) is 105 Å². The molecule has 2 amide bonds. The van der Waals surface area contributed by atoms with Gasteiger partial charge in [0.05, 0.1) is 10.6 Å². The average molecular weight is 552 g/mol. The molecule has 0 radical (unpaired) electrons. The number of likely N-dealkylation sites (N-methyl/N-ethyl adjacent to an activating group) is 1. The van der Waals surface area contributed by atoms with Crippen molar-refractivity contribution >= 4 is 27.5 Å². The highest BCUT2D eigenvalue weighted by Crippen LogP contribution is 2.36. The fourth-order valence-electron chi connectivity index (χ4n) is 4.41. The van der Waals surface area contributed by atoms with E-state index in [1.54, 1.807) is 36.4 Å². The van der Waals surface area contributed by atoms with E-state index in [1.807, 2.05) is 38.1 Å². The quantitative estimate of drug-likeness (QED) is 0.414. The Morgan fingerprint density at radius 2 is 1.62 bits per heavy atom. The monoisotopic (exact) mass is 551 g/mol. The highest BCUT2D eigenvalue weighted by atomic mass is 32.2. The van der Waals surface area contributed by atoms with Gasteiger partial charge < -0.3 is 19.7 Å². The Morgan fingerprint density at radius 1 is 0.949 bits per heavy atom. The lowest BCUT2D eigenvalue weighted by atomic mass is 10.1. The Hall–Kier alpha value is -4.05. The van der Waals surface area contributed by atoms with Crippen molar-refractivity contribution in [3.63, 3.8) is 0 Å². The lowest BCUT2D eigenvalue weighted by Crippen LogP contribution is -2.51. The number of benzene rings is 3. The molecule has 0 aliphatic carbocycles. The normalized spacial score (nSPS) is 13.3. The summed E-state index contributed by atoms with van der Waals surface area (Å²) in [7, 11) is -2.64. The first-order valence-corrected chi connectivity index (χ1v) is 14.2. The van der Waals surface area contributed by atoms with Crippen molar-refractivity contribution in [2.75, 3.05) is 31.1 Å². The molecule has 9 nitrogen and oxygen atoms in total. The number of ether oxygens (including phenoxy) is 2. The van der Waals surface area contributed by atoms with E-state index in [1.165, 1.54) is 24.1 Å². The molecule has 10 heteroatoms. The lowest BCUT2D eigenvalue weighted by Gasteiger charge is -2.33. The smallest absolute Gasteiger partial charge is 0.264 e. The molecule has 1 heterocycles. The van der Waals surface area contributed by atoms with Crippen molar-refractivity contribution in [2.24, 2.45) is 0 Å². The van der Waals surface area contributed by atoms with Crippen LogP contribution < -0.4 is 19.1 Å². The van der Waals surface area contributed by atoms with Gasteiger partial charge >= 0.3 is 0 Å². The van der Waals surface area contributed by atoms with Gasteiger partial charge in [-0.3, -0.25) is 13.9 Å². The number of rotatable bonds is 10. The van der Waals surface area contributed by atoms with Crippen molar-refractivity contribution in [3.8, 4) is 11.5 Å². The van der Waals surface area contributed by atoms with E-state index in [0.717, 1.165) is 15.4 Å². The fourth-order valence-corrected chi connectivity index (χ4v) is 5.84. The second-order valence-corrected chi connectivity index (χ2v) is 11.1. The van der Waals surface area contributed by atoms with Crippen LogP contribution in [0.1, 0.15) is 24.5 Å². The number of hydrogen-bond donors (Lipinski definition) is 1. The maximum atomic E-state index is 14.0. The fraction of sp³-hybridized carbons (Fsp3) is 0.310. The van der Waals surface area contributed by atoms with Gasteiger partial charge in [-0.25, -0.2) is 8.42 Å². The van der Waals surface area contributed by atoms with Crippen molar-refractivity contribution in [3.05, 3.63) is 83.9 Å². The molecule has 0 aromatic heterocycles. The van der Waals surface area contributed by atoms with Crippen LogP contribution >= 0.6 is 0 Å². The summed E-state index contributed by atoms with van der Waals surface area (Å²) < 4.78 is 40.1. The average Bonchev–Trinajstić information content (AvgIpc) is 2.96. The van der Waals surface area contributed by atoms with E-state index < -0.39 is 28.5 Å². The number of carbonyl (C=O) groups excluding carboxylic acids is 2. The number of nitrogens with one attached hydrogen (secondary N) is 1. The first kappa shape index (κ1) is 28.0. The van der Waals surface area contributed by atoms with Gasteiger partial charge in [0.2, 0.25) is 11.8 Å². The Labute approximate surface area is 229 Å². The van der Waals surface area contributed by atoms with Crippen LogP contribution in [0.25, 0.3) is 0 Å². The second kappa shape index (κ2) is 12.2. The number of hydrogen-bond acceptors (Lipinski definition) is 6. The summed E-state index contributed by atoms with van der Waals surface area (Å²) in [6.45, 7) is 4.13. The summed E-state index contributed by atoms with van der Waals surface area (Å²) in [6.07, 6.45) is 0.354. The third-order valence-corrected chi connectivity index (χ3v) is 8.32. The van der Waals surface area contributed by atoms with E-state index in [-0.39, 0.29) is 23.0 Å². The van der Waals surface area contributed by atoms with Crippen molar-refractivity contribution < 1.29 is 27.5 Å². The molecule has 1 N–H and O–H groups in total. The van der Waals surface area contributed by atoms with Crippen molar-refractivity contribution in [2.45, 2.75) is 37.8 Å². The number of aryl methyl sites for hydroxylation is 1. The molecule has 0 bridgehead atoms. The number of anilines is 1. The van der Waals surface area contributed by atoms with Gasteiger partial charge in [-0.15, -0.1) is 0 Å². The van der Waals surface area contributed by atoms with Crippen LogP contribution in [0.3, 0.4) is 0 Å². The Bertz CT molecular complexity index is 1410. The largest absolute Gasteiger partial charge is 0.486 e. The van der Waals surface area contributed by atoms with E-state index in [4.69, 9.17) is 9.47 Å². The molecule has 206 valence electrons. The molecular formula is C29H33N3O6S. The second-order valence-electron chi connectivity index (χ2n) is 9.20. The minimum Gasteiger partial charge on any atom is -0.486 e. The molecule has 0 fully saturated rings. The molecule has 0 unspecified atom stereocenters. The van der Waals surface area contributed by atoms with Gasteiger partial charge in [-0.2, -0.15) is 0 Å². The molecule has 1 atom stereocenters. The van der Waals surface area contributed by atoms with Gasteiger partial charge in [-0.05, 0) is 43.2 Å². The lowest BCUT2D eigenvalue weighted by molar-refractivity contribution is -0.140. The van der Waals surface area contributed by atoms with Crippen LogP contribution in [-0.4, -0.2) is 58.0 Å². The zero-order chi connectivity index (χ0) is 28.0. The maximum Gasteiger partial charge on any atom is 0.264 e. The van der Waals surface area contributed by atoms with Crippen LogP contribution in [0.5, 0.6) is 11.5 Å². The summed E-state index contributed by atoms with van der Waals surface area (Å²) in [4.78, 5) is 28.2. The Kier molecular flexibility index (Phi) is 8.75. The van der Waals surface area contributed by atoms with E-state index in [9.17, 15) is 18.0 Å². The number of amides is 2. The van der Waals surface area contributed by atoms with Gasteiger partial charge in [-0.1, -0.05) is 55.0 Å². The van der Waals surface area contributed by atoms with Crippen LogP contribution in [0.2, 0.25) is 0 Å². The Balaban J connectivity index is 1.75. The molecular weight excluding hydrogens is 518 g/mol. The van der Waals surface area contributed by atoms with Crippen LogP contribution in [-0.2, 0) is 26.2 Å². The molecule has 3 aromatic rings. The van der Waals surface area contributed by atoms with E-state index >= 15 is 0 Å². The summed E-state index contributed by atoms with van der Waals surface area (Å²) in [5.74, 6) is 0.0583. The zero-order valence-electron chi connectivity index (χ0n) is 22.3. The third kappa shape index (κ3) is 6.34. The first-order valence-electron chi connectivity index (χ1n) is 12.8. The Morgan fingerprint density at radius 3 is 2.26 bits per heavy atom. The molecule has 0 saturated heterocycles. The van der Waals surface area contributed by atoms with Crippen molar-refractivity contribution in [1.82, 2.24) is 10.2 Å². The molecule has 3 aromatic carbocycles. The van der Waals surface area contributed by atoms with Gasteiger partial charge in [0.15, 0.2) is 11.5 Å². The summed E-state index contributed by atoms with van der Waals surface area (Å²) >= 11 is 0. The molecule has 1 aliphatic heterocycles. The molecule has 1 aliphatic rings.